The molecule has 0 aliphatic carbocycles. The van der Waals surface area contributed by atoms with Crippen molar-refractivity contribution in [1.82, 2.24) is 15.0 Å². The third-order valence-electron chi connectivity index (χ3n) is 5.83. The molecule has 1 heterocycles. The number of nitrogens with two attached hydrogens (primary N) is 1. The average molecular weight is 837 g/mol. The van der Waals surface area contributed by atoms with Crippen molar-refractivity contribution >= 4 is 88.7 Å². The minimum absolute atomic E-state index is 0. The minimum Gasteiger partial charge on any atom is -0.744 e. The van der Waals surface area contributed by atoms with E-state index in [0.29, 0.717) is 0 Å². The quantitative estimate of drug-likeness (QED) is 0.00778. The first kappa shape index (κ1) is 48.9. The van der Waals surface area contributed by atoms with Crippen molar-refractivity contribution in [3.63, 3.8) is 0 Å². The molecule has 3 aromatic carbocycles. The summed E-state index contributed by atoms with van der Waals surface area (Å²) in [7, 11) is -13.7. The molecular formula is C24H19N10Na3O12S4. The maximum absolute atomic E-state index is 12.5. The Labute approximate surface area is 372 Å². The zero-order valence-corrected chi connectivity index (χ0v) is 36.7. The average Bonchev–Trinajstić information content (AvgIpc) is 3.04. The largest absolute Gasteiger partial charge is 1.00 e. The normalized spacial score (nSPS) is 11.4. The second-order valence-corrected chi connectivity index (χ2v) is 14.5. The van der Waals surface area contributed by atoms with E-state index in [1.165, 1.54) is 36.4 Å². The third kappa shape index (κ3) is 14.8. The number of rotatable bonds is 16. The van der Waals surface area contributed by atoms with Gasteiger partial charge in [-0.25, -0.2) is 25.3 Å². The van der Waals surface area contributed by atoms with E-state index in [1.807, 2.05) is 0 Å². The van der Waals surface area contributed by atoms with Crippen molar-refractivity contribution in [3.05, 3.63) is 60.7 Å². The fourth-order valence-corrected chi connectivity index (χ4v) is 6.24. The number of benzene rings is 3. The Morgan fingerprint density at radius 3 is 2.08 bits per heavy atom. The van der Waals surface area contributed by atoms with Gasteiger partial charge in [-0.15, -0.1) is 9.45 Å². The molecular weight excluding hydrogens is 818 g/mol. The third-order valence-corrected chi connectivity index (χ3v) is 9.63. The molecule has 0 atom stereocenters. The maximum atomic E-state index is 12.5. The molecule has 1 aromatic heterocycles. The van der Waals surface area contributed by atoms with E-state index in [9.17, 15) is 39.6 Å². The molecule has 0 spiro atoms. The molecule has 0 radical (unpaired) electrons. The summed E-state index contributed by atoms with van der Waals surface area (Å²) in [6.07, 6.45) is 1.61. The monoisotopic (exact) mass is 836 g/mol. The molecule has 0 amide bonds. The summed E-state index contributed by atoms with van der Waals surface area (Å²) in [5, 5.41) is 37.4. The maximum Gasteiger partial charge on any atom is 1.00 e. The molecule has 0 fully saturated rings. The van der Waals surface area contributed by atoms with Crippen LogP contribution >= 0.6 is 12.3 Å². The summed E-state index contributed by atoms with van der Waals surface area (Å²) < 4.78 is 104. The van der Waals surface area contributed by atoms with Crippen LogP contribution in [0.4, 0.5) is 46.3 Å². The van der Waals surface area contributed by atoms with Crippen molar-refractivity contribution < 1.29 is 142 Å². The second-order valence-electron chi connectivity index (χ2n) is 9.18. The molecule has 0 aliphatic heterocycles. The van der Waals surface area contributed by atoms with Crippen molar-refractivity contribution in [2.45, 2.75) is 14.7 Å². The Hall–Kier alpha value is -2.08. The first-order chi connectivity index (χ1) is 23.6. The number of nitrogen functional groups attached to an aromatic ring is 1. The van der Waals surface area contributed by atoms with E-state index in [0.717, 1.165) is 24.3 Å². The zero-order valence-electron chi connectivity index (χ0n) is 27.5. The smallest absolute Gasteiger partial charge is 0.744 e. The fraction of sp³-hybridized carbons (Fsp3) is 0.0833. The number of anilines is 6. The summed E-state index contributed by atoms with van der Waals surface area (Å²) in [6.45, 7) is -0.346. The second kappa shape index (κ2) is 21.9. The van der Waals surface area contributed by atoms with Crippen LogP contribution in [0.5, 0.6) is 0 Å². The van der Waals surface area contributed by atoms with Crippen molar-refractivity contribution in [2.75, 3.05) is 34.0 Å². The minimum atomic E-state index is -5.11. The number of hydrogen-bond donors (Lipinski definition) is 4. The predicted octanol–water partition coefficient (Wildman–Crippen LogP) is -7.35. The predicted molar refractivity (Wildman–Crippen MR) is 167 cm³/mol. The van der Waals surface area contributed by atoms with Crippen LogP contribution in [-0.4, -0.2) is 61.7 Å². The number of aromatic nitrogens is 3. The van der Waals surface area contributed by atoms with Gasteiger partial charge in [0.15, 0.2) is 28.4 Å². The number of nitriles is 1. The van der Waals surface area contributed by atoms with Gasteiger partial charge in [-0.05, 0) is 54.6 Å². The summed E-state index contributed by atoms with van der Waals surface area (Å²) in [5.74, 6) is -1.38. The van der Waals surface area contributed by atoms with Crippen LogP contribution in [0, 0.1) is 11.5 Å². The SMILES string of the molecule is N#CNc1nc(Nc2cccc(S(=O)(=O)[O-])c2)nc(Nc2cc(N)c(S(=O)(=O)[O-])cc2N=Nc2ccc(S(=O)(=O)CCOSOO[O-])cc2)n1.[Na+].[Na+].[Na+]. The number of azo groups is 1. The molecule has 4 aromatic rings. The van der Waals surface area contributed by atoms with Gasteiger partial charge in [0.2, 0.25) is 17.8 Å². The van der Waals surface area contributed by atoms with Gasteiger partial charge in [0.05, 0.1) is 44.1 Å². The molecule has 0 aliphatic rings. The topological polar surface area (TPSA) is 349 Å². The van der Waals surface area contributed by atoms with Crippen LogP contribution in [0.2, 0.25) is 0 Å². The number of sulfone groups is 1. The Morgan fingerprint density at radius 1 is 0.830 bits per heavy atom. The molecule has 29 heteroatoms. The Bertz CT molecular complexity index is 2290. The zero-order chi connectivity index (χ0) is 36.5. The first-order valence-corrected chi connectivity index (χ1v) is 18.1. The molecule has 5 N–H and O–H groups in total. The van der Waals surface area contributed by atoms with E-state index >= 15 is 0 Å². The van der Waals surface area contributed by atoms with Crippen LogP contribution in [-0.2, 0) is 43.6 Å². The van der Waals surface area contributed by atoms with E-state index < -0.39 is 51.3 Å². The summed E-state index contributed by atoms with van der Waals surface area (Å²) in [6, 6.07) is 11.5. The Kier molecular flexibility index (Phi) is 20.2. The van der Waals surface area contributed by atoms with Crippen LogP contribution in [0.1, 0.15) is 0 Å². The Morgan fingerprint density at radius 2 is 1.47 bits per heavy atom. The standard InChI is InChI=1S/C24H22N10O12S4.3Na/c25-13-27-22-30-23(28-15-2-1-3-17(10-15)49(38,39)40)32-24(31-22)29-19-11-18(26)21(50(41,42)43)12-20(19)34-33-14-4-6-16(7-5-14)48(36,37)9-8-44-47-46-45-35;;;/h1-7,10-12,35H,8-9,26H2,(H,38,39,40)(H,41,42,43)(H3,27,28,29,30,31,32);;;/q;3*+1/p-3. The molecule has 4 rings (SSSR count). The number of hydrogen-bond acceptors (Lipinski definition) is 23. The summed E-state index contributed by atoms with van der Waals surface area (Å²) >= 11 is 0.151. The van der Waals surface area contributed by atoms with Gasteiger partial charge in [0.1, 0.15) is 25.9 Å². The molecule has 0 unspecified atom stereocenters. The van der Waals surface area contributed by atoms with Crippen molar-refractivity contribution in [2.24, 2.45) is 10.2 Å². The van der Waals surface area contributed by atoms with E-state index in [4.69, 9.17) is 15.2 Å². The molecule has 0 bridgehead atoms. The first-order valence-electron chi connectivity index (χ1n) is 13.0. The van der Waals surface area contributed by atoms with Gasteiger partial charge in [-0.1, -0.05) is 6.07 Å². The van der Waals surface area contributed by atoms with Gasteiger partial charge >= 0.3 is 88.7 Å². The Balaban J connectivity index is 0.00000468. The molecule has 53 heavy (non-hydrogen) atoms. The van der Waals surface area contributed by atoms with Crippen LogP contribution in [0.25, 0.3) is 0 Å². The summed E-state index contributed by atoms with van der Waals surface area (Å²) in [4.78, 5) is 10.6. The molecule has 264 valence electrons. The van der Waals surface area contributed by atoms with Gasteiger partial charge in [0.25, 0.3) is 0 Å². The van der Waals surface area contributed by atoms with Crippen molar-refractivity contribution in [3.8, 4) is 6.19 Å². The van der Waals surface area contributed by atoms with E-state index in [2.05, 4.69) is 50.5 Å². The number of nitrogens with zero attached hydrogens (tertiary/aromatic N) is 6. The molecule has 0 saturated heterocycles. The van der Waals surface area contributed by atoms with Gasteiger partial charge < -0.3 is 30.7 Å². The van der Waals surface area contributed by atoms with Gasteiger partial charge in [0, 0.05) is 5.69 Å². The molecule has 0 saturated carbocycles. The van der Waals surface area contributed by atoms with Crippen LogP contribution < -0.4 is 116 Å². The van der Waals surface area contributed by atoms with Crippen molar-refractivity contribution in [1.29, 1.82) is 5.26 Å². The van der Waals surface area contributed by atoms with E-state index in [-0.39, 0.29) is 153 Å². The van der Waals surface area contributed by atoms with Crippen LogP contribution in [0.15, 0.2) is 85.6 Å². The molecule has 22 nitrogen and oxygen atoms in total. The van der Waals surface area contributed by atoms with Gasteiger partial charge in [-0.3, -0.25) is 14.5 Å². The number of nitrogens with one attached hydrogen (secondary N) is 3. The van der Waals surface area contributed by atoms with Crippen LogP contribution in [0.3, 0.4) is 0 Å². The van der Waals surface area contributed by atoms with E-state index in [1.54, 1.807) is 6.19 Å². The van der Waals surface area contributed by atoms with Gasteiger partial charge in [-0.2, -0.15) is 25.3 Å². The summed E-state index contributed by atoms with van der Waals surface area (Å²) in [5.41, 5.74) is 5.09. The fourth-order valence-electron chi connectivity index (χ4n) is 3.72.